The Balaban J connectivity index is 2.32. The summed E-state index contributed by atoms with van der Waals surface area (Å²) in [7, 11) is 0. The molecule has 3 atom stereocenters. The van der Waals surface area contributed by atoms with Crippen molar-refractivity contribution < 1.29 is 9.84 Å². The van der Waals surface area contributed by atoms with Crippen LogP contribution in [0.2, 0.25) is 0 Å². The van der Waals surface area contributed by atoms with Gasteiger partial charge in [-0.25, -0.2) is 0 Å². The van der Waals surface area contributed by atoms with Gasteiger partial charge in [0.25, 0.3) is 0 Å². The number of ether oxygens (including phenoxy) is 1. The lowest BCUT2D eigenvalue weighted by Gasteiger charge is -2.35. The first-order chi connectivity index (χ1) is 7.50. The van der Waals surface area contributed by atoms with Gasteiger partial charge in [0, 0.05) is 6.61 Å². The maximum Gasteiger partial charge on any atom is 0.0569 e. The fraction of sp³-hybridized carbons (Fsp3) is 1.00. The maximum atomic E-state index is 9.98. The van der Waals surface area contributed by atoms with E-state index in [1.54, 1.807) is 0 Å². The second kappa shape index (κ2) is 6.61. The number of aliphatic hydroxyl groups excluding tert-OH is 1. The second-order valence-corrected chi connectivity index (χ2v) is 5.85. The van der Waals surface area contributed by atoms with Crippen molar-refractivity contribution in [3.05, 3.63) is 0 Å². The Morgan fingerprint density at radius 2 is 1.88 bits per heavy atom. The molecule has 0 bridgehead atoms. The van der Waals surface area contributed by atoms with Crippen molar-refractivity contribution in [1.29, 1.82) is 0 Å². The molecule has 0 aromatic rings. The van der Waals surface area contributed by atoms with E-state index in [1.165, 1.54) is 12.8 Å². The van der Waals surface area contributed by atoms with Crippen LogP contribution < -0.4 is 0 Å². The van der Waals surface area contributed by atoms with Crippen LogP contribution in [0.5, 0.6) is 0 Å². The van der Waals surface area contributed by atoms with Crippen LogP contribution in [0, 0.1) is 17.8 Å². The molecule has 1 N–H and O–H groups in total. The van der Waals surface area contributed by atoms with Gasteiger partial charge in [0.15, 0.2) is 0 Å². The van der Waals surface area contributed by atoms with E-state index in [0.29, 0.717) is 12.0 Å². The zero-order chi connectivity index (χ0) is 12.1. The van der Waals surface area contributed by atoms with Gasteiger partial charge in [-0.3, -0.25) is 0 Å². The van der Waals surface area contributed by atoms with Gasteiger partial charge in [-0.2, -0.15) is 0 Å². The quantitative estimate of drug-likeness (QED) is 0.783. The molecule has 0 aromatic heterocycles. The average molecular weight is 228 g/mol. The molecule has 0 heterocycles. The third-order valence-corrected chi connectivity index (χ3v) is 3.87. The Kier molecular flexibility index (Phi) is 5.77. The van der Waals surface area contributed by atoms with Crippen LogP contribution in [0.3, 0.4) is 0 Å². The van der Waals surface area contributed by atoms with Gasteiger partial charge in [0.05, 0.1) is 12.2 Å². The van der Waals surface area contributed by atoms with Gasteiger partial charge >= 0.3 is 0 Å². The third-order valence-electron chi connectivity index (χ3n) is 3.87. The minimum Gasteiger partial charge on any atom is -0.393 e. The minimum absolute atomic E-state index is 0.0919. The highest BCUT2D eigenvalue weighted by Crippen LogP contribution is 2.35. The highest BCUT2D eigenvalue weighted by molar-refractivity contribution is 4.81. The van der Waals surface area contributed by atoms with Gasteiger partial charge in [0.2, 0.25) is 0 Å². The molecule has 16 heavy (non-hydrogen) atoms. The van der Waals surface area contributed by atoms with Gasteiger partial charge in [-0.05, 0) is 57.3 Å². The fourth-order valence-electron chi connectivity index (χ4n) is 2.66. The van der Waals surface area contributed by atoms with Crippen LogP contribution in [0.15, 0.2) is 0 Å². The Bertz CT molecular complexity index is 189. The Hall–Kier alpha value is -0.0800. The van der Waals surface area contributed by atoms with Crippen LogP contribution in [-0.4, -0.2) is 23.9 Å². The summed E-state index contributed by atoms with van der Waals surface area (Å²) in [5, 5.41) is 9.98. The molecule has 0 saturated heterocycles. The lowest BCUT2D eigenvalue weighted by molar-refractivity contribution is 0.00475. The van der Waals surface area contributed by atoms with E-state index >= 15 is 0 Å². The first kappa shape index (κ1) is 14.0. The van der Waals surface area contributed by atoms with Crippen molar-refractivity contribution in [2.75, 3.05) is 6.61 Å². The minimum atomic E-state index is -0.0919. The molecule has 2 heteroatoms. The van der Waals surface area contributed by atoms with Crippen molar-refractivity contribution in [1.82, 2.24) is 0 Å². The molecular formula is C14H28O2. The van der Waals surface area contributed by atoms with Crippen molar-refractivity contribution >= 4 is 0 Å². The number of rotatable bonds is 5. The molecule has 0 radical (unpaired) electrons. The highest BCUT2D eigenvalue weighted by Gasteiger charge is 2.30. The summed E-state index contributed by atoms with van der Waals surface area (Å²) >= 11 is 0. The molecule has 0 spiro atoms. The highest BCUT2D eigenvalue weighted by atomic mass is 16.5. The molecule has 2 nitrogen and oxygen atoms in total. The summed E-state index contributed by atoms with van der Waals surface area (Å²) in [5.41, 5.74) is 0. The summed E-state index contributed by atoms with van der Waals surface area (Å²) in [6, 6.07) is 0. The van der Waals surface area contributed by atoms with E-state index in [2.05, 4.69) is 27.7 Å². The molecular weight excluding hydrogens is 200 g/mol. The van der Waals surface area contributed by atoms with E-state index in [1.807, 2.05) is 0 Å². The summed E-state index contributed by atoms with van der Waals surface area (Å²) in [6.07, 6.45) is 4.59. The van der Waals surface area contributed by atoms with Crippen molar-refractivity contribution in [2.45, 2.75) is 65.6 Å². The summed E-state index contributed by atoms with van der Waals surface area (Å²) in [4.78, 5) is 0. The molecule has 96 valence electrons. The maximum absolute atomic E-state index is 9.98. The van der Waals surface area contributed by atoms with Crippen LogP contribution in [0.1, 0.15) is 53.4 Å². The lowest BCUT2D eigenvalue weighted by Crippen LogP contribution is -2.32. The Labute approximate surface area is 100 Å². The van der Waals surface area contributed by atoms with E-state index in [9.17, 15) is 5.11 Å². The topological polar surface area (TPSA) is 29.5 Å². The average Bonchev–Trinajstić information content (AvgIpc) is 2.20. The monoisotopic (exact) mass is 228 g/mol. The van der Waals surface area contributed by atoms with Crippen LogP contribution >= 0.6 is 0 Å². The molecule has 0 amide bonds. The summed E-state index contributed by atoms with van der Waals surface area (Å²) in [6.45, 7) is 9.51. The predicted molar refractivity (Wildman–Crippen MR) is 67.4 cm³/mol. The molecule has 0 aromatic carbocycles. The van der Waals surface area contributed by atoms with Crippen LogP contribution in [0.25, 0.3) is 0 Å². The second-order valence-electron chi connectivity index (χ2n) is 5.85. The molecule has 1 rings (SSSR count). The molecule has 1 aliphatic carbocycles. The van der Waals surface area contributed by atoms with E-state index in [4.69, 9.17) is 4.74 Å². The van der Waals surface area contributed by atoms with Gasteiger partial charge < -0.3 is 9.84 Å². The SMILES string of the molecule is CC(C)OCCC1CC(C(C)C)CCC1O. The summed E-state index contributed by atoms with van der Waals surface area (Å²) < 4.78 is 5.58. The van der Waals surface area contributed by atoms with E-state index in [-0.39, 0.29) is 6.10 Å². The van der Waals surface area contributed by atoms with E-state index in [0.717, 1.165) is 31.3 Å². The molecule has 1 saturated carbocycles. The lowest BCUT2D eigenvalue weighted by atomic mass is 9.74. The number of aliphatic hydroxyl groups is 1. The largest absolute Gasteiger partial charge is 0.393 e. The van der Waals surface area contributed by atoms with Crippen molar-refractivity contribution in [3.63, 3.8) is 0 Å². The Morgan fingerprint density at radius 3 is 2.44 bits per heavy atom. The standard InChI is InChI=1S/C14H28O2/c1-10(2)12-5-6-14(15)13(9-12)7-8-16-11(3)4/h10-15H,5-9H2,1-4H3. The zero-order valence-corrected chi connectivity index (χ0v) is 11.3. The summed E-state index contributed by atoms with van der Waals surface area (Å²) in [5.74, 6) is 2.01. The van der Waals surface area contributed by atoms with Crippen LogP contribution in [0.4, 0.5) is 0 Å². The van der Waals surface area contributed by atoms with Gasteiger partial charge in [-0.15, -0.1) is 0 Å². The number of hydrogen-bond donors (Lipinski definition) is 1. The molecule has 1 fully saturated rings. The number of hydrogen-bond acceptors (Lipinski definition) is 2. The first-order valence-electron chi connectivity index (χ1n) is 6.80. The smallest absolute Gasteiger partial charge is 0.0569 e. The Morgan fingerprint density at radius 1 is 1.19 bits per heavy atom. The van der Waals surface area contributed by atoms with Crippen molar-refractivity contribution in [2.24, 2.45) is 17.8 Å². The van der Waals surface area contributed by atoms with Crippen LogP contribution in [-0.2, 0) is 4.74 Å². The van der Waals surface area contributed by atoms with Gasteiger partial charge in [-0.1, -0.05) is 13.8 Å². The molecule has 1 aliphatic rings. The normalized spacial score (nSPS) is 31.3. The molecule has 0 aliphatic heterocycles. The van der Waals surface area contributed by atoms with Gasteiger partial charge in [0.1, 0.15) is 0 Å². The van der Waals surface area contributed by atoms with Crippen molar-refractivity contribution in [3.8, 4) is 0 Å². The predicted octanol–water partition coefficient (Wildman–Crippen LogP) is 3.23. The zero-order valence-electron chi connectivity index (χ0n) is 11.3. The third kappa shape index (κ3) is 4.42. The van der Waals surface area contributed by atoms with E-state index < -0.39 is 0 Å². The molecule has 3 unspecified atom stereocenters. The first-order valence-corrected chi connectivity index (χ1v) is 6.80. The fourth-order valence-corrected chi connectivity index (χ4v) is 2.66.